The van der Waals surface area contributed by atoms with Crippen LogP contribution in [0.1, 0.15) is 19.3 Å². The molecule has 3 rings (SSSR count). The number of aliphatic hydroxyl groups excluding tert-OH is 1. The number of hydrogen-bond acceptors (Lipinski definition) is 5. The van der Waals surface area contributed by atoms with E-state index in [1.54, 1.807) is 6.33 Å². The normalized spacial score (nSPS) is 23.1. The zero-order chi connectivity index (χ0) is 13.2. The number of anilines is 1. The highest BCUT2D eigenvalue weighted by Crippen LogP contribution is 2.31. The molecule has 2 heterocycles. The van der Waals surface area contributed by atoms with Crippen molar-refractivity contribution in [1.29, 1.82) is 0 Å². The second-order valence-electron chi connectivity index (χ2n) is 4.96. The Bertz CT molecular complexity index is 572. The molecule has 2 unspecified atom stereocenters. The number of imidazole rings is 1. The molecule has 1 aliphatic rings. The number of aromatic nitrogens is 4. The summed E-state index contributed by atoms with van der Waals surface area (Å²) in [6.07, 6.45) is 5.00. The Kier molecular flexibility index (Phi) is 3.52. The Morgan fingerprint density at radius 1 is 1.37 bits per heavy atom. The van der Waals surface area contributed by atoms with Crippen LogP contribution in [0.4, 0.5) is 5.82 Å². The molecule has 2 aromatic heterocycles. The van der Waals surface area contributed by atoms with Crippen LogP contribution < -0.4 is 5.32 Å². The number of aliphatic hydroxyl groups is 1. The Morgan fingerprint density at radius 3 is 3.05 bits per heavy atom. The summed E-state index contributed by atoms with van der Waals surface area (Å²) in [6, 6.07) is 0. The first-order valence-corrected chi connectivity index (χ1v) is 6.87. The first-order chi connectivity index (χ1) is 9.28. The molecule has 0 aliphatic heterocycles. The van der Waals surface area contributed by atoms with E-state index >= 15 is 0 Å². The van der Waals surface area contributed by atoms with E-state index in [0.717, 1.165) is 24.9 Å². The van der Waals surface area contributed by atoms with Crippen LogP contribution in [0.5, 0.6) is 0 Å². The lowest BCUT2D eigenvalue weighted by Gasteiger charge is -2.18. The molecule has 1 saturated carbocycles. The van der Waals surface area contributed by atoms with Gasteiger partial charge in [-0.15, -0.1) is 0 Å². The Morgan fingerprint density at radius 2 is 2.21 bits per heavy atom. The van der Waals surface area contributed by atoms with E-state index in [1.165, 1.54) is 6.42 Å². The molecule has 0 saturated heterocycles. The molecule has 0 radical (unpaired) electrons. The van der Waals surface area contributed by atoms with Crippen molar-refractivity contribution in [2.75, 3.05) is 18.5 Å². The Balaban J connectivity index is 1.76. The predicted octanol–water partition coefficient (Wildman–Crippen LogP) is 1.83. The fourth-order valence-electron chi connectivity index (χ4n) is 2.79. The molecular formula is C12H16ClN5O. The standard InChI is InChI=1S/C12H16ClN5O/c13-12-17-10(9-11(18-12)16-6-15-9)14-4-7-2-1-3-8(7)5-19/h6-8,19H,1-5H2,(H2,14,15,16,17,18). The topological polar surface area (TPSA) is 86.7 Å². The van der Waals surface area contributed by atoms with Gasteiger partial charge in [-0.05, 0) is 36.3 Å². The fourth-order valence-corrected chi connectivity index (χ4v) is 2.95. The quantitative estimate of drug-likeness (QED) is 0.744. The van der Waals surface area contributed by atoms with E-state index in [-0.39, 0.29) is 11.9 Å². The zero-order valence-corrected chi connectivity index (χ0v) is 11.2. The summed E-state index contributed by atoms with van der Waals surface area (Å²) in [7, 11) is 0. The summed E-state index contributed by atoms with van der Waals surface area (Å²) in [6.45, 7) is 1.04. The van der Waals surface area contributed by atoms with Gasteiger partial charge in [-0.1, -0.05) is 6.42 Å². The molecule has 6 nitrogen and oxygen atoms in total. The number of hydrogen-bond donors (Lipinski definition) is 3. The third kappa shape index (κ3) is 2.50. The molecule has 0 bridgehead atoms. The number of halogens is 1. The van der Waals surface area contributed by atoms with E-state index in [4.69, 9.17) is 11.6 Å². The van der Waals surface area contributed by atoms with E-state index in [1.807, 2.05) is 0 Å². The number of H-pyrrole nitrogens is 1. The molecule has 102 valence electrons. The highest BCUT2D eigenvalue weighted by molar-refractivity contribution is 6.28. The lowest BCUT2D eigenvalue weighted by Crippen LogP contribution is -2.21. The lowest BCUT2D eigenvalue weighted by atomic mass is 9.97. The smallest absolute Gasteiger partial charge is 0.226 e. The maximum Gasteiger partial charge on any atom is 0.226 e. The SMILES string of the molecule is OCC1CCCC1CNc1nc(Cl)nc2nc[nH]c12. The predicted molar refractivity (Wildman–Crippen MR) is 73.1 cm³/mol. The van der Waals surface area contributed by atoms with Gasteiger partial charge in [0, 0.05) is 13.2 Å². The van der Waals surface area contributed by atoms with Crippen molar-refractivity contribution in [2.45, 2.75) is 19.3 Å². The second kappa shape index (κ2) is 5.30. The minimum atomic E-state index is 0.187. The molecule has 7 heteroatoms. The summed E-state index contributed by atoms with van der Waals surface area (Å²) < 4.78 is 0. The molecule has 1 fully saturated rings. The van der Waals surface area contributed by atoms with Crippen molar-refractivity contribution in [1.82, 2.24) is 19.9 Å². The molecule has 2 atom stereocenters. The van der Waals surface area contributed by atoms with Crippen LogP contribution >= 0.6 is 11.6 Å². The summed E-state index contributed by atoms with van der Waals surface area (Å²) in [5.74, 6) is 1.55. The minimum absolute atomic E-state index is 0.187. The molecule has 0 amide bonds. The van der Waals surface area contributed by atoms with E-state index < -0.39 is 0 Å². The molecule has 3 N–H and O–H groups in total. The van der Waals surface area contributed by atoms with Gasteiger partial charge in [-0.25, -0.2) is 4.98 Å². The van der Waals surface area contributed by atoms with Gasteiger partial charge in [-0.3, -0.25) is 0 Å². The van der Waals surface area contributed by atoms with Crippen molar-refractivity contribution in [3.8, 4) is 0 Å². The largest absolute Gasteiger partial charge is 0.396 e. The molecule has 0 spiro atoms. The van der Waals surface area contributed by atoms with Crippen LogP contribution in [-0.4, -0.2) is 38.2 Å². The maximum atomic E-state index is 9.33. The monoisotopic (exact) mass is 281 g/mol. The van der Waals surface area contributed by atoms with Gasteiger partial charge in [0.15, 0.2) is 11.5 Å². The maximum absolute atomic E-state index is 9.33. The van der Waals surface area contributed by atoms with Crippen molar-refractivity contribution < 1.29 is 5.11 Å². The van der Waals surface area contributed by atoms with Crippen LogP contribution in [0.15, 0.2) is 6.33 Å². The summed E-state index contributed by atoms with van der Waals surface area (Å²) >= 11 is 5.88. The summed E-state index contributed by atoms with van der Waals surface area (Å²) in [5, 5.41) is 12.8. The average molecular weight is 282 g/mol. The lowest BCUT2D eigenvalue weighted by molar-refractivity contribution is 0.199. The Labute approximate surface area is 115 Å². The number of rotatable bonds is 4. The first-order valence-electron chi connectivity index (χ1n) is 6.49. The van der Waals surface area contributed by atoms with Gasteiger partial charge in [0.25, 0.3) is 0 Å². The van der Waals surface area contributed by atoms with Gasteiger partial charge in [-0.2, -0.15) is 9.97 Å². The van der Waals surface area contributed by atoms with Crippen molar-refractivity contribution in [3.63, 3.8) is 0 Å². The average Bonchev–Trinajstić information content (AvgIpc) is 3.03. The third-order valence-electron chi connectivity index (χ3n) is 3.84. The molecule has 1 aliphatic carbocycles. The minimum Gasteiger partial charge on any atom is -0.396 e. The van der Waals surface area contributed by atoms with Crippen molar-refractivity contribution in [2.24, 2.45) is 11.8 Å². The highest BCUT2D eigenvalue weighted by Gasteiger charge is 2.26. The fraction of sp³-hybridized carbons (Fsp3) is 0.583. The van der Waals surface area contributed by atoms with Crippen LogP contribution in [-0.2, 0) is 0 Å². The Hall–Kier alpha value is -1.40. The number of nitrogens with zero attached hydrogens (tertiary/aromatic N) is 3. The van der Waals surface area contributed by atoms with Gasteiger partial charge in [0.05, 0.1) is 6.33 Å². The molecule has 19 heavy (non-hydrogen) atoms. The van der Waals surface area contributed by atoms with Gasteiger partial charge >= 0.3 is 0 Å². The van der Waals surface area contributed by atoms with Gasteiger partial charge < -0.3 is 15.4 Å². The van der Waals surface area contributed by atoms with Crippen LogP contribution in [0.25, 0.3) is 11.2 Å². The van der Waals surface area contributed by atoms with Crippen LogP contribution in [0, 0.1) is 11.8 Å². The number of fused-ring (bicyclic) bond motifs is 1. The van der Waals surface area contributed by atoms with Gasteiger partial charge in [0.1, 0.15) is 5.52 Å². The van der Waals surface area contributed by atoms with Crippen LogP contribution in [0.3, 0.4) is 0 Å². The number of aromatic amines is 1. The summed E-state index contributed by atoms with van der Waals surface area (Å²) in [4.78, 5) is 15.3. The highest BCUT2D eigenvalue weighted by atomic mass is 35.5. The zero-order valence-electron chi connectivity index (χ0n) is 10.4. The van der Waals surface area contributed by atoms with Crippen molar-refractivity contribution in [3.05, 3.63) is 11.6 Å². The second-order valence-corrected chi connectivity index (χ2v) is 5.29. The van der Waals surface area contributed by atoms with Gasteiger partial charge in [0.2, 0.25) is 5.28 Å². The van der Waals surface area contributed by atoms with Crippen molar-refractivity contribution >= 4 is 28.6 Å². The first kappa shape index (κ1) is 12.6. The number of nitrogens with one attached hydrogen (secondary N) is 2. The molecular weight excluding hydrogens is 266 g/mol. The molecule has 0 aromatic carbocycles. The third-order valence-corrected chi connectivity index (χ3v) is 4.01. The summed E-state index contributed by atoms with van der Waals surface area (Å²) in [5.41, 5.74) is 1.33. The molecule has 2 aromatic rings. The van der Waals surface area contributed by atoms with E-state index in [9.17, 15) is 5.11 Å². The van der Waals surface area contributed by atoms with E-state index in [0.29, 0.717) is 23.3 Å². The van der Waals surface area contributed by atoms with E-state index in [2.05, 4.69) is 25.3 Å². The van der Waals surface area contributed by atoms with Crippen LogP contribution in [0.2, 0.25) is 5.28 Å².